The Morgan fingerprint density at radius 3 is 1.80 bits per heavy atom. The zero-order chi connectivity index (χ0) is 34.3. The molecule has 0 aromatic heterocycles. The van der Waals surface area contributed by atoms with Crippen LogP contribution in [0, 0.1) is 0 Å². The van der Waals surface area contributed by atoms with Crippen LogP contribution in [0.5, 0.6) is 5.75 Å². The van der Waals surface area contributed by atoms with Crippen molar-refractivity contribution in [1.29, 1.82) is 0 Å². The number of aromatic hydroxyl groups is 1. The molecule has 0 saturated heterocycles. The fraction of sp³-hybridized carbons (Fsp3) is 0.0800. The topological polar surface area (TPSA) is 20.2 Å². The standard InChI is InChI=1S/C50H38O/c1-33(34-22-26-36(27-23-34)39-15-11-16-40(30-39)43-18-9-10-21-49(43)51)35-24-28-38(29-25-35)46-32-48-42-17-6-5-14-41(42)31-47(37-12-3-2-4-13-37)50(48)45-20-8-7-19-44(45)46/h2-30,32-33,47,51H,31H2,1H3. The number of phenolic OH excluding ortho intramolecular Hbond substituents is 1. The SMILES string of the molecule is CC(c1ccc(-c2cccc(-c3ccccc3O)c2)cc1)c1ccc(-c2cc3c(c4ccccc24)C(c2ccccc2)Cc2ccccc2-3)cc1. The summed E-state index contributed by atoms with van der Waals surface area (Å²) < 4.78 is 0. The van der Waals surface area contributed by atoms with Crippen molar-refractivity contribution in [3.8, 4) is 50.3 Å². The van der Waals surface area contributed by atoms with E-state index in [1.165, 1.54) is 60.8 Å². The smallest absolute Gasteiger partial charge is 0.123 e. The highest BCUT2D eigenvalue weighted by atomic mass is 16.3. The summed E-state index contributed by atoms with van der Waals surface area (Å²) >= 11 is 0. The molecule has 244 valence electrons. The second kappa shape index (κ2) is 12.9. The first-order valence-electron chi connectivity index (χ1n) is 17.9. The van der Waals surface area contributed by atoms with E-state index in [4.69, 9.17) is 0 Å². The number of rotatable bonds is 6. The second-order valence-electron chi connectivity index (χ2n) is 13.8. The molecule has 8 aromatic carbocycles. The highest BCUT2D eigenvalue weighted by Gasteiger charge is 2.29. The minimum absolute atomic E-state index is 0.250. The molecule has 0 amide bonds. The van der Waals surface area contributed by atoms with E-state index in [-0.39, 0.29) is 5.92 Å². The lowest BCUT2D eigenvalue weighted by Crippen LogP contribution is -2.13. The zero-order valence-corrected chi connectivity index (χ0v) is 28.6. The molecule has 9 rings (SSSR count). The molecule has 1 heteroatoms. The predicted octanol–water partition coefficient (Wildman–Crippen LogP) is 13.1. The monoisotopic (exact) mass is 654 g/mol. The van der Waals surface area contributed by atoms with Crippen molar-refractivity contribution < 1.29 is 5.11 Å². The largest absolute Gasteiger partial charge is 0.507 e. The van der Waals surface area contributed by atoms with E-state index >= 15 is 0 Å². The molecule has 1 N–H and O–H groups in total. The Kier molecular flexibility index (Phi) is 7.82. The van der Waals surface area contributed by atoms with Gasteiger partial charge in [0.1, 0.15) is 5.75 Å². The zero-order valence-electron chi connectivity index (χ0n) is 28.6. The summed E-state index contributed by atoms with van der Waals surface area (Å²) in [6, 6.07) is 65.5. The molecule has 51 heavy (non-hydrogen) atoms. The lowest BCUT2D eigenvalue weighted by atomic mass is 9.73. The highest BCUT2D eigenvalue weighted by Crippen LogP contribution is 2.48. The maximum Gasteiger partial charge on any atom is 0.123 e. The predicted molar refractivity (Wildman–Crippen MR) is 213 cm³/mol. The Morgan fingerprint density at radius 2 is 1.06 bits per heavy atom. The molecule has 1 aliphatic rings. The van der Waals surface area contributed by atoms with Crippen molar-refractivity contribution in [3.05, 3.63) is 210 Å². The maximum atomic E-state index is 10.4. The van der Waals surface area contributed by atoms with Gasteiger partial charge in [-0.05, 0) is 102 Å². The fourth-order valence-electron chi connectivity index (χ4n) is 8.18. The highest BCUT2D eigenvalue weighted by molar-refractivity contribution is 6.04. The van der Waals surface area contributed by atoms with Crippen LogP contribution in [0.1, 0.15) is 46.6 Å². The first-order valence-corrected chi connectivity index (χ1v) is 17.9. The second-order valence-corrected chi connectivity index (χ2v) is 13.8. The van der Waals surface area contributed by atoms with Crippen LogP contribution in [0.4, 0.5) is 0 Å². The summed E-state index contributed by atoms with van der Waals surface area (Å²) in [5, 5.41) is 13.0. The molecule has 0 heterocycles. The van der Waals surface area contributed by atoms with E-state index in [0.717, 1.165) is 28.7 Å². The molecule has 0 radical (unpaired) electrons. The van der Waals surface area contributed by atoms with Gasteiger partial charge in [0.05, 0.1) is 0 Å². The number of benzene rings is 8. The van der Waals surface area contributed by atoms with Gasteiger partial charge in [-0.1, -0.05) is 171 Å². The number of hydrogen-bond donors (Lipinski definition) is 1. The molecule has 2 unspecified atom stereocenters. The third-order valence-electron chi connectivity index (χ3n) is 10.9. The Balaban J connectivity index is 1.04. The molecule has 0 spiro atoms. The van der Waals surface area contributed by atoms with Gasteiger partial charge in [0, 0.05) is 17.4 Å². The van der Waals surface area contributed by atoms with Crippen LogP contribution < -0.4 is 0 Å². The van der Waals surface area contributed by atoms with Crippen LogP contribution in [-0.4, -0.2) is 5.11 Å². The lowest BCUT2D eigenvalue weighted by Gasteiger charge is -2.31. The van der Waals surface area contributed by atoms with Crippen molar-refractivity contribution in [2.45, 2.75) is 25.2 Å². The van der Waals surface area contributed by atoms with Gasteiger partial charge in [-0.15, -0.1) is 0 Å². The summed E-state index contributed by atoms with van der Waals surface area (Å²) in [4.78, 5) is 0. The van der Waals surface area contributed by atoms with Gasteiger partial charge < -0.3 is 5.11 Å². The van der Waals surface area contributed by atoms with E-state index in [1.54, 1.807) is 6.07 Å². The molecule has 0 fully saturated rings. The fourth-order valence-corrected chi connectivity index (χ4v) is 8.18. The van der Waals surface area contributed by atoms with Crippen LogP contribution in [0.25, 0.3) is 55.3 Å². The van der Waals surface area contributed by atoms with Crippen LogP contribution in [-0.2, 0) is 6.42 Å². The van der Waals surface area contributed by atoms with Gasteiger partial charge in [0.2, 0.25) is 0 Å². The normalized spacial score (nSPS) is 14.1. The minimum atomic E-state index is 0.250. The van der Waals surface area contributed by atoms with Gasteiger partial charge >= 0.3 is 0 Å². The molecule has 1 nitrogen and oxygen atoms in total. The number of hydrogen-bond acceptors (Lipinski definition) is 1. The lowest BCUT2D eigenvalue weighted by molar-refractivity contribution is 0.477. The Hall–Kier alpha value is -6.18. The van der Waals surface area contributed by atoms with Crippen molar-refractivity contribution in [2.24, 2.45) is 0 Å². The third kappa shape index (κ3) is 5.62. The number of phenols is 1. The first-order chi connectivity index (χ1) is 25.1. The van der Waals surface area contributed by atoms with Crippen molar-refractivity contribution in [1.82, 2.24) is 0 Å². The molecular weight excluding hydrogens is 617 g/mol. The maximum absolute atomic E-state index is 10.4. The van der Waals surface area contributed by atoms with Gasteiger partial charge in [-0.2, -0.15) is 0 Å². The molecule has 8 aromatic rings. The quantitative estimate of drug-likeness (QED) is 0.189. The van der Waals surface area contributed by atoms with Gasteiger partial charge in [0.15, 0.2) is 0 Å². The molecule has 0 aliphatic heterocycles. The molecule has 0 bridgehead atoms. The van der Waals surface area contributed by atoms with E-state index in [0.29, 0.717) is 11.7 Å². The van der Waals surface area contributed by atoms with Crippen molar-refractivity contribution in [3.63, 3.8) is 0 Å². The summed E-state index contributed by atoms with van der Waals surface area (Å²) in [7, 11) is 0. The van der Waals surface area contributed by atoms with Gasteiger partial charge in [-0.25, -0.2) is 0 Å². The Morgan fingerprint density at radius 1 is 0.451 bits per heavy atom. The summed E-state index contributed by atoms with van der Waals surface area (Å²) in [6.45, 7) is 2.29. The first kappa shape index (κ1) is 30.8. The Labute approximate surface area is 300 Å². The summed E-state index contributed by atoms with van der Waals surface area (Å²) in [5.74, 6) is 0.858. The van der Waals surface area contributed by atoms with Gasteiger partial charge in [-0.3, -0.25) is 0 Å². The van der Waals surface area contributed by atoms with Crippen LogP contribution in [0.15, 0.2) is 182 Å². The van der Waals surface area contributed by atoms with E-state index < -0.39 is 0 Å². The summed E-state index contributed by atoms with van der Waals surface area (Å²) in [5.41, 5.74) is 16.2. The van der Waals surface area contributed by atoms with E-state index in [2.05, 4.69) is 159 Å². The van der Waals surface area contributed by atoms with E-state index in [9.17, 15) is 5.11 Å². The molecule has 2 atom stereocenters. The van der Waals surface area contributed by atoms with Gasteiger partial charge in [0.25, 0.3) is 0 Å². The van der Waals surface area contributed by atoms with Crippen molar-refractivity contribution >= 4 is 10.8 Å². The Bertz CT molecular complexity index is 2510. The number of fused-ring (bicyclic) bond motifs is 5. The molecule has 1 aliphatic carbocycles. The average molecular weight is 655 g/mol. The minimum Gasteiger partial charge on any atom is -0.507 e. The molecule has 0 saturated carbocycles. The molecular formula is C50H38O. The van der Waals surface area contributed by atoms with Crippen LogP contribution in [0.3, 0.4) is 0 Å². The summed E-state index contributed by atoms with van der Waals surface area (Å²) in [6.07, 6.45) is 1.01. The third-order valence-corrected chi connectivity index (χ3v) is 10.9. The van der Waals surface area contributed by atoms with E-state index in [1.807, 2.05) is 24.3 Å². The van der Waals surface area contributed by atoms with Crippen molar-refractivity contribution in [2.75, 3.05) is 0 Å². The average Bonchev–Trinajstić information content (AvgIpc) is 3.20. The van der Waals surface area contributed by atoms with Crippen LogP contribution >= 0.6 is 0 Å². The van der Waals surface area contributed by atoms with Crippen LogP contribution in [0.2, 0.25) is 0 Å². The number of para-hydroxylation sites is 1.